The van der Waals surface area contributed by atoms with Crippen molar-refractivity contribution in [1.82, 2.24) is 0 Å². The molecule has 3 aromatic carbocycles. The molecular weight excluding hydrogens is 324 g/mol. The number of rotatable bonds is 7. The summed E-state index contributed by atoms with van der Waals surface area (Å²) in [4.78, 5) is 25.9. The van der Waals surface area contributed by atoms with E-state index in [9.17, 15) is 9.59 Å². The standard InChI is InChI=1S/C23H20O3/c1-26-20-14-8-13-19(15-20)21(23(25)18-11-6-3-7-12-18)16-22(24)17-9-4-2-5-10-17/h2-15,21H,16H2,1H3. The van der Waals surface area contributed by atoms with Crippen LogP contribution in [-0.4, -0.2) is 18.7 Å². The first kappa shape index (κ1) is 17.6. The highest BCUT2D eigenvalue weighted by Crippen LogP contribution is 2.28. The number of methoxy groups -OCH3 is 1. The number of hydrogen-bond donors (Lipinski definition) is 0. The fourth-order valence-electron chi connectivity index (χ4n) is 2.95. The largest absolute Gasteiger partial charge is 0.497 e. The van der Waals surface area contributed by atoms with Gasteiger partial charge in [0.1, 0.15) is 5.75 Å². The van der Waals surface area contributed by atoms with Gasteiger partial charge in [0.2, 0.25) is 0 Å². The van der Waals surface area contributed by atoms with Crippen LogP contribution in [0.3, 0.4) is 0 Å². The third kappa shape index (κ3) is 4.06. The molecule has 0 aliphatic heterocycles. The second kappa shape index (κ2) is 8.26. The Kier molecular flexibility index (Phi) is 5.59. The Morgan fingerprint density at radius 2 is 1.42 bits per heavy atom. The van der Waals surface area contributed by atoms with Crippen LogP contribution in [0.4, 0.5) is 0 Å². The molecule has 0 amide bonds. The highest BCUT2D eigenvalue weighted by Gasteiger charge is 2.25. The summed E-state index contributed by atoms with van der Waals surface area (Å²) in [6.07, 6.45) is 0.116. The normalized spacial score (nSPS) is 11.6. The number of ether oxygens (including phenoxy) is 1. The number of ketones is 2. The molecule has 130 valence electrons. The zero-order chi connectivity index (χ0) is 18.4. The van der Waals surface area contributed by atoms with Gasteiger partial charge in [0.25, 0.3) is 0 Å². The summed E-state index contributed by atoms with van der Waals surface area (Å²) < 4.78 is 5.28. The zero-order valence-corrected chi connectivity index (χ0v) is 14.6. The Morgan fingerprint density at radius 3 is 2.04 bits per heavy atom. The van der Waals surface area contributed by atoms with Crippen molar-refractivity contribution in [2.75, 3.05) is 7.11 Å². The van der Waals surface area contributed by atoms with E-state index < -0.39 is 5.92 Å². The van der Waals surface area contributed by atoms with E-state index in [1.54, 1.807) is 31.4 Å². The molecule has 3 rings (SSSR count). The second-order valence-electron chi connectivity index (χ2n) is 6.05. The highest BCUT2D eigenvalue weighted by molar-refractivity contribution is 6.06. The van der Waals surface area contributed by atoms with E-state index in [1.807, 2.05) is 60.7 Å². The van der Waals surface area contributed by atoms with Crippen molar-refractivity contribution >= 4 is 11.6 Å². The number of Topliss-reactive ketones (excluding diaryl/α,β-unsaturated/α-hetero) is 2. The van der Waals surface area contributed by atoms with E-state index in [0.717, 1.165) is 5.56 Å². The summed E-state index contributed by atoms with van der Waals surface area (Å²) in [6.45, 7) is 0. The smallest absolute Gasteiger partial charge is 0.170 e. The van der Waals surface area contributed by atoms with Crippen LogP contribution in [0.2, 0.25) is 0 Å². The Labute approximate surface area is 153 Å². The van der Waals surface area contributed by atoms with Gasteiger partial charge in [-0.1, -0.05) is 72.8 Å². The van der Waals surface area contributed by atoms with Gasteiger partial charge < -0.3 is 4.74 Å². The third-order valence-corrected chi connectivity index (χ3v) is 4.36. The molecule has 0 fully saturated rings. The molecule has 1 unspecified atom stereocenters. The summed E-state index contributed by atoms with van der Waals surface area (Å²) in [5.74, 6) is -0.00781. The van der Waals surface area contributed by atoms with E-state index in [2.05, 4.69) is 0 Å². The van der Waals surface area contributed by atoms with Crippen molar-refractivity contribution in [3.8, 4) is 5.75 Å². The minimum Gasteiger partial charge on any atom is -0.497 e. The molecular formula is C23H20O3. The molecule has 0 aliphatic carbocycles. The Balaban J connectivity index is 1.95. The topological polar surface area (TPSA) is 43.4 Å². The Morgan fingerprint density at radius 1 is 0.808 bits per heavy atom. The van der Waals surface area contributed by atoms with E-state index in [4.69, 9.17) is 4.74 Å². The molecule has 0 aliphatic rings. The number of benzene rings is 3. The first-order valence-electron chi connectivity index (χ1n) is 8.50. The van der Waals surface area contributed by atoms with Crippen molar-refractivity contribution in [1.29, 1.82) is 0 Å². The SMILES string of the molecule is COc1cccc(C(CC(=O)c2ccccc2)C(=O)c2ccccc2)c1. The van der Waals surface area contributed by atoms with Crippen LogP contribution in [0, 0.1) is 0 Å². The van der Waals surface area contributed by atoms with Gasteiger partial charge in [-0.2, -0.15) is 0 Å². The van der Waals surface area contributed by atoms with Crippen molar-refractivity contribution in [2.45, 2.75) is 12.3 Å². The lowest BCUT2D eigenvalue weighted by atomic mass is 9.85. The van der Waals surface area contributed by atoms with Crippen LogP contribution in [0.25, 0.3) is 0 Å². The third-order valence-electron chi connectivity index (χ3n) is 4.36. The minimum atomic E-state index is -0.555. The summed E-state index contributed by atoms with van der Waals surface area (Å²) in [7, 11) is 1.59. The molecule has 0 N–H and O–H groups in total. The lowest BCUT2D eigenvalue weighted by Crippen LogP contribution is -2.17. The summed E-state index contributed by atoms with van der Waals surface area (Å²) in [5.41, 5.74) is 1.99. The molecule has 0 spiro atoms. The van der Waals surface area contributed by atoms with Crippen LogP contribution in [0.1, 0.15) is 38.6 Å². The lowest BCUT2D eigenvalue weighted by molar-refractivity contribution is 0.0893. The van der Waals surface area contributed by atoms with Crippen LogP contribution in [0.15, 0.2) is 84.9 Å². The maximum absolute atomic E-state index is 13.1. The first-order valence-corrected chi connectivity index (χ1v) is 8.50. The van der Waals surface area contributed by atoms with Crippen molar-refractivity contribution < 1.29 is 14.3 Å². The molecule has 0 bridgehead atoms. The monoisotopic (exact) mass is 344 g/mol. The fraction of sp³-hybridized carbons (Fsp3) is 0.130. The zero-order valence-electron chi connectivity index (χ0n) is 14.6. The molecule has 0 aromatic heterocycles. The van der Waals surface area contributed by atoms with Crippen molar-refractivity contribution in [2.24, 2.45) is 0 Å². The number of carbonyl (C=O) groups excluding carboxylic acids is 2. The van der Waals surface area contributed by atoms with E-state index in [-0.39, 0.29) is 18.0 Å². The van der Waals surface area contributed by atoms with E-state index >= 15 is 0 Å². The predicted molar refractivity (Wildman–Crippen MR) is 102 cm³/mol. The van der Waals surface area contributed by atoms with Gasteiger partial charge in [-0.15, -0.1) is 0 Å². The quantitative estimate of drug-likeness (QED) is 0.571. The van der Waals surface area contributed by atoms with Gasteiger partial charge in [-0.3, -0.25) is 9.59 Å². The van der Waals surface area contributed by atoms with Crippen molar-refractivity contribution in [3.05, 3.63) is 102 Å². The second-order valence-corrected chi connectivity index (χ2v) is 6.05. The molecule has 0 saturated heterocycles. The van der Waals surface area contributed by atoms with Crippen LogP contribution in [0.5, 0.6) is 5.75 Å². The lowest BCUT2D eigenvalue weighted by Gasteiger charge is -2.17. The predicted octanol–water partition coefficient (Wildman–Crippen LogP) is 4.93. The van der Waals surface area contributed by atoms with Gasteiger partial charge >= 0.3 is 0 Å². The van der Waals surface area contributed by atoms with Crippen LogP contribution < -0.4 is 4.74 Å². The minimum absolute atomic E-state index is 0.0531. The van der Waals surface area contributed by atoms with Gasteiger partial charge in [-0.05, 0) is 17.7 Å². The van der Waals surface area contributed by atoms with E-state index in [0.29, 0.717) is 16.9 Å². The Hall–Kier alpha value is -3.20. The van der Waals surface area contributed by atoms with Gasteiger partial charge in [0.15, 0.2) is 11.6 Å². The maximum atomic E-state index is 13.1. The number of hydrogen-bond acceptors (Lipinski definition) is 3. The molecule has 1 atom stereocenters. The Bertz CT molecular complexity index is 886. The van der Waals surface area contributed by atoms with Crippen molar-refractivity contribution in [3.63, 3.8) is 0 Å². The van der Waals surface area contributed by atoms with Gasteiger partial charge in [0.05, 0.1) is 13.0 Å². The molecule has 0 saturated carbocycles. The number of carbonyl (C=O) groups is 2. The highest BCUT2D eigenvalue weighted by atomic mass is 16.5. The van der Waals surface area contributed by atoms with Gasteiger partial charge in [-0.25, -0.2) is 0 Å². The molecule has 3 heteroatoms. The summed E-state index contributed by atoms with van der Waals surface area (Å²) in [6, 6.07) is 25.5. The average molecular weight is 344 g/mol. The van der Waals surface area contributed by atoms with Crippen LogP contribution >= 0.6 is 0 Å². The maximum Gasteiger partial charge on any atom is 0.170 e. The fourth-order valence-corrected chi connectivity index (χ4v) is 2.95. The first-order chi connectivity index (χ1) is 12.7. The molecule has 3 aromatic rings. The molecule has 0 radical (unpaired) electrons. The van der Waals surface area contributed by atoms with Crippen LogP contribution in [-0.2, 0) is 0 Å². The molecule has 26 heavy (non-hydrogen) atoms. The summed E-state index contributed by atoms with van der Waals surface area (Å²) in [5, 5.41) is 0. The van der Waals surface area contributed by atoms with E-state index in [1.165, 1.54) is 0 Å². The molecule has 3 nitrogen and oxygen atoms in total. The van der Waals surface area contributed by atoms with Gasteiger partial charge in [0, 0.05) is 17.5 Å². The molecule has 0 heterocycles. The summed E-state index contributed by atoms with van der Waals surface area (Å²) >= 11 is 0. The average Bonchev–Trinajstić information content (AvgIpc) is 2.72.